The van der Waals surface area contributed by atoms with Gasteiger partial charge in [0.25, 0.3) is 0 Å². The highest BCUT2D eigenvalue weighted by molar-refractivity contribution is 5.87. The van der Waals surface area contributed by atoms with Crippen molar-refractivity contribution >= 4 is 5.97 Å². The Morgan fingerprint density at radius 2 is 1.93 bits per heavy atom. The van der Waals surface area contributed by atoms with Crippen LogP contribution in [0.1, 0.15) is 16.1 Å². The lowest BCUT2D eigenvalue weighted by atomic mass is 10.1. The summed E-state index contributed by atoms with van der Waals surface area (Å²) < 4.78 is 0. The van der Waals surface area contributed by atoms with E-state index in [2.05, 4.69) is 4.98 Å². The summed E-state index contributed by atoms with van der Waals surface area (Å²) >= 11 is 0. The van der Waals surface area contributed by atoms with E-state index in [0.29, 0.717) is 0 Å². The maximum atomic E-state index is 10.7. The standard InChI is InChI=1S/C12H11NO2/c1-8-4-2-3-5-9(8)10-6-7-11(13-10)12(14)15/h2-7,13H,1H3,(H,14,15). The van der Waals surface area contributed by atoms with E-state index < -0.39 is 5.97 Å². The van der Waals surface area contributed by atoms with Crippen molar-refractivity contribution in [2.45, 2.75) is 6.92 Å². The number of carbonyl (C=O) groups is 1. The molecule has 0 saturated carbocycles. The molecule has 0 amide bonds. The Labute approximate surface area is 87.4 Å². The second kappa shape index (κ2) is 3.61. The van der Waals surface area contributed by atoms with Gasteiger partial charge in [0.05, 0.1) is 0 Å². The Bertz CT molecular complexity index is 500. The highest BCUT2D eigenvalue weighted by atomic mass is 16.4. The highest BCUT2D eigenvalue weighted by Gasteiger charge is 2.07. The second-order valence-corrected chi connectivity index (χ2v) is 3.41. The summed E-state index contributed by atoms with van der Waals surface area (Å²) in [4.78, 5) is 13.6. The monoisotopic (exact) mass is 201 g/mol. The number of H-pyrrole nitrogens is 1. The largest absolute Gasteiger partial charge is 0.477 e. The van der Waals surface area contributed by atoms with Gasteiger partial charge in [-0.3, -0.25) is 0 Å². The summed E-state index contributed by atoms with van der Waals surface area (Å²) in [5.74, 6) is -0.935. The van der Waals surface area contributed by atoms with Crippen LogP contribution in [0.3, 0.4) is 0 Å². The molecule has 0 spiro atoms. The average molecular weight is 201 g/mol. The van der Waals surface area contributed by atoms with Gasteiger partial charge in [-0.15, -0.1) is 0 Å². The predicted molar refractivity (Wildman–Crippen MR) is 57.9 cm³/mol. The molecule has 0 bridgehead atoms. The van der Waals surface area contributed by atoms with Gasteiger partial charge in [0.15, 0.2) is 0 Å². The van der Waals surface area contributed by atoms with Crippen LogP contribution in [0, 0.1) is 6.92 Å². The Hall–Kier alpha value is -2.03. The quantitative estimate of drug-likeness (QED) is 0.784. The highest BCUT2D eigenvalue weighted by Crippen LogP contribution is 2.21. The SMILES string of the molecule is Cc1ccccc1-c1ccc(C(=O)O)[nH]1. The number of aromatic nitrogens is 1. The molecule has 0 radical (unpaired) electrons. The normalized spacial score (nSPS) is 10.2. The van der Waals surface area contributed by atoms with Crippen LogP contribution in [0.5, 0.6) is 0 Å². The van der Waals surface area contributed by atoms with E-state index in [0.717, 1.165) is 16.8 Å². The van der Waals surface area contributed by atoms with Crippen LogP contribution in [0.15, 0.2) is 36.4 Å². The first kappa shape index (κ1) is 9.52. The molecule has 2 N–H and O–H groups in total. The molecule has 1 aromatic carbocycles. The molecule has 0 aliphatic heterocycles. The molecular weight excluding hydrogens is 190 g/mol. The third-order valence-corrected chi connectivity index (χ3v) is 2.35. The van der Waals surface area contributed by atoms with Crippen molar-refractivity contribution in [2.24, 2.45) is 0 Å². The molecule has 0 aliphatic carbocycles. The molecule has 0 fully saturated rings. The number of aromatic amines is 1. The van der Waals surface area contributed by atoms with Crippen LogP contribution < -0.4 is 0 Å². The Kier molecular flexibility index (Phi) is 2.29. The third kappa shape index (κ3) is 1.76. The Morgan fingerprint density at radius 1 is 1.20 bits per heavy atom. The molecule has 0 aliphatic rings. The summed E-state index contributed by atoms with van der Waals surface area (Å²) in [7, 11) is 0. The zero-order chi connectivity index (χ0) is 10.8. The summed E-state index contributed by atoms with van der Waals surface area (Å²) in [6, 6.07) is 11.2. The zero-order valence-electron chi connectivity index (χ0n) is 8.32. The second-order valence-electron chi connectivity index (χ2n) is 3.41. The molecular formula is C12H11NO2. The van der Waals surface area contributed by atoms with Gasteiger partial charge in [0.1, 0.15) is 5.69 Å². The van der Waals surface area contributed by atoms with E-state index >= 15 is 0 Å². The minimum Gasteiger partial charge on any atom is -0.477 e. The van der Waals surface area contributed by atoms with E-state index in [-0.39, 0.29) is 5.69 Å². The lowest BCUT2D eigenvalue weighted by Crippen LogP contribution is -1.95. The summed E-state index contributed by atoms with van der Waals surface area (Å²) in [6.07, 6.45) is 0. The van der Waals surface area contributed by atoms with E-state index in [1.807, 2.05) is 31.2 Å². The molecule has 15 heavy (non-hydrogen) atoms. The van der Waals surface area contributed by atoms with E-state index in [1.54, 1.807) is 12.1 Å². The fourth-order valence-electron chi connectivity index (χ4n) is 1.55. The van der Waals surface area contributed by atoms with Crippen LogP contribution in [-0.2, 0) is 0 Å². The number of hydrogen-bond donors (Lipinski definition) is 2. The molecule has 2 aromatic rings. The van der Waals surface area contributed by atoms with Crippen LogP contribution in [0.4, 0.5) is 0 Å². The minimum atomic E-state index is -0.935. The summed E-state index contributed by atoms with van der Waals surface area (Å²) in [5, 5.41) is 8.78. The van der Waals surface area contributed by atoms with Crippen molar-refractivity contribution in [1.29, 1.82) is 0 Å². The number of aromatic carboxylic acids is 1. The molecule has 0 saturated heterocycles. The predicted octanol–water partition coefficient (Wildman–Crippen LogP) is 2.69. The summed E-state index contributed by atoms with van der Waals surface area (Å²) in [5.41, 5.74) is 3.21. The van der Waals surface area contributed by atoms with Crippen molar-refractivity contribution in [3.63, 3.8) is 0 Å². The fraction of sp³-hybridized carbons (Fsp3) is 0.0833. The fourth-order valence-corrected chi connectivity index (χ4v) is 1.55. The van der Waals surface area contributed by atoms with Crippen molar-refractivity contribution in [2.75, 3.05) is 0 Å². The van der Waals surface area contributed by atoms with Crippen LogP contribution in [0.25, 0.3) is 11.3 Å². The van der Waals surface area contributed by atoms with Crippen molar-refractivity contribution in [3.05, 3.63) is 47.7 Å². The Balaban J connectivity index is 2.46. The van der Waals surface area contributed by atoms with Crippen molar-refractivity contribution in [1.82, 2.24) is 4.98 Å². The summed E-state index contributed by atoms with van der Waals surface area (Å²) in [6.45, 7) is 2.00. The van der Waals surface area contributed by atoms with Crippen LogP contribution >= 0.6 is 0 Å². The first-order valence-corrected chi connectivity index (χ1v) is 4.67. The van der Waals surface area contributed by atoms with Crippen LogP contribution in [-0.4, -0.2) is 16.1 Å². The molecule has 76 valence electrons. The van der Waals surface area contributed by atoms with E-state index in [4.69, 9.17) is 5.11 Å². The Morgan fingerprint density at radius 3 is 2.53 bits per heavy atom. The molecule has 1 heterocycles. The number of benzene rings is 1. The first-order chi connectivity index (χ1) is 7.18. The van der Waals surface area contributed by atoms with Gasteiger partial charge in [0, 0.05) is 11.3 Å². The molecule has 0 atom stereocenters. The third-order valence-electron chi connectivity index (χ3n) is 2.35. The topological polar surface area (TPSA) is 53.1 Å². The lowest BCUT2D eigenvalue weighted by molar-refractivity contribution is 0.0691. The van der Waals surface area contributed by atoms with Gasteiger partial charge in [-0.25, -0.2) is 4.79 Å². The smallest absolute Gasteiger partial charge is 0.352 e. The number of hydrogen-bond acceptors (Lipinski definition) is 1. The van der Waals surface area contributed by atoms with Crippen molar-refractivity contribution < 1.29 is 9.90 Å². The number of rotatable bonds is 2. The van der Waals surface area contributed by atoms with Crippen LogP contribution in [0.2, 0.25) is 0 Å². The number of aryl methyl sites for hydroxylation is 1. The maximum absolute atomic E-state index is 10.7. The maximum Gasteiger partial charge on any atom is 0.352 e. The van der Waals surface area contributed by atoms with Crippen molar-refractivity contribution in [3.8, 4) is 11.3 Å². The van der Waals surface area contributed by atoms with Gasteiger partial charge in [-0.05, 0) is 24.6 Å². The number of carboxylic acids is 1. The van der Waals surface area contributed by atoms with E-state index in [9.17, 15) is 4.79 Å². The average Bonchev–Trinajstić information content (AvgIpc) is 2.67. The first-order valence-electron chi connectivity index (χ1n) is 4.67. The molecule has 3 nitrogen and oxygen atoms in total. The molecule has 2 rings (SSSR count). The van der Waals surface area contributed by atoms with Gasteiger partial charge in [-0.2, -0.15) is 0 Å². The minimum absolute atomic E-state index is 0.216. The van der Waals surface area contributed by atoms with E-state index in [1.165, 1.54) is 0 Å². The van der Waals surface area contributed by atoms with Gasteiger partial charge in [-0.1, -0.05) is 24.3 Å². The van der Waals surface area contributed by atoms with Gasteiger partial charge in [0.2, 0.25) is 0 Å². The molecule has 1 aromatic heterocycles. The number of nitrogens with one attached hydrogen (secondary N) is 1. The van der Waals surface area contributed by atoms with Gasteiger partial charge < -0.3 is 10.1 Å². The zero-order valence-corrected chi connectivity index (χ0v) is 8.32. The lowest BCUT2D eigenvalue weighted by Gasteiger charge is -2.01. The molecule has 3 heteroatoms. The number of carboxylic acid groups (broad SMARTS) is 1. The van der Waals surface area contributed by atoms with Gasteiger partial charge >= 0.3 is 5.97 Å². The molecule has 0 unspecified atom stereocenters.